The van der Waals surface area contributed by atoms with Crippen LogP contribution in [0.3, 0.4) is 0 Å². The van der Waals surface area contributed by atoms with Crippen molar-refractivity contribution in [1.29, 1.82) is 0 Å². The van der Waals surface area contributed by atoms with Crippen molar-refractivity contribution < 1.29 is 149 Å². The summed E-state index contributed by atoms with van der Waals surface area (Å²) in [4.78, 5) is 0. The summed E-state index contributed by atoms with van der Waals surface area (Å²) in [5.41, 5.74) is -4.80. The molecular weight excluding hydrogens is 886 g/mol. The molecule has 0 nitrogen and oxygen atoms in total. The van der Waals surface area contributed by atoms with E-state index in [4.69, 9.17) is 0 Å². The molecule has 0 atom stereocenters. The second-order valence-corrected chi connectivity index (χ2v) is 9.91. The molecule has 0 N–H and O–H groups in total. The second kappa shape index (κ2) is 12.2. The molecule has 0 amide bonds. The lowest BCUT2D eigenvalue weighted by molar-refractivity contribution is -0.487. The maximum absolute atomic E-state index is 14.1. The highest BCUT2D eigenvalue weighted by atomic mass is 19.4. The van der Waals surface area contributed by atoms with Gasteiger partial charge in [0.2, 0.25) is 5.82 Å². The molecule has 0 radical (unpaired) electrons. The molecule has 0 aliphatic carbocycles. The first-order chi connectivity index (χ1) is 22.9. The SMILES string of the molecule is Fc1c(F)c(F)c(C(F)(F)C(F)(F)C(F)(F)C(F)(F)C(F)(F)C(F)(F)C(F)(F)C(F)(F)C(F)(F)C(F)(F)C(F)(F)C(F)(F)C(F)(F)C(F)(F)F)c(F)c1F. The van der Waals surface area contributed by atoms with E-state index in [0.717, 1.165) is 0 Å². The van der Waals surface area contributed by atoms with Crippen LogP contribution >= 0.6 is 0 Å². The van der Waals surface area contributed by atoms with Gasteiger partial charge < -0.3 is 0 Å². The Hall–Kier alpha value is -3.16. The monoisotopic (exact) mass is 886 g/mol. The van der Waals surface area contributed by atoms with Crippen molar-refractivity contribution in [1.82, 2.24) is 0 Å². The van der Waals surface area contributed by atoms with Crippen molar-refractivity contribution in [2.24, 2.45) is 0 Å². The zero-order valence-electron chi connectivity index (χ0n) is 22.9. The molecule has 54 heavy (non-hydrogen) atoms. The number of halogens is 34. The number of alkyl halides is 29. The van der Waals surface area contributed by atoms with Crippen LogP contribution in [0.1, 0.15) is 5.56 Å². The third-order valence-corrected chi connectivity index (χ3v) is 6.61. The topological polar surface area (TPSA) is 0 Å². The van der Waals surface area contributed by atoms with Gasteiger partial charge in [0.1, 0.15) is 5.56 Å². The standard InChI is InChI=1S/C20F34/c21-2-1(3(22)5(24)6(25)4(2)23)7(26,27)8(28,29)9(30,31)10(32,33)11(34,35)12(36,37)13(38,39)14(40,41)15(42,43)16(44,45)17(46,47)18(48,49)19(50,51)20(52,53)54. The molecule has 0 bridgehead atoms. The van der Waals surface area contributed by atoms with Gasteiger partial charge in [-0.05, 0) is 0 Å². The molecule has 0 fully saturated rings. The van der Waals surface area contributed by atoms with Crippen LogP contribution in [0.5, 0.6) is 0 Å². The maximum atomic E-state index is 14.1. The third-order valence-electron chi connectivity index (χ3n) is 6.61. The number of benzene rings is 1. The fourth-order valence-electron chi connectivity index (χ4n) is 3.38. The van der Waals surface area contributed by atoms with Gasteiger partial charge in [0, 0.05) is 0 Å². The molecule has 0 aliphatic rings. The van der Waals surface area contributed by atoms with Crippen LogP contribution in [0.15, 0.2) is 0 Å². The van der Waals surface area contributed by atoms with Gasteiger partial charge in [-0.3, -0.25) is 0 Å². The average molecular weight is 886 g/mol. The van der Waals surface area contributed by atoms with E-state index in [9.17, 15) is 149 Å². The maximum Gasteiger partial charge on any atom is 0.460 e. The predicted octanol–water partition coefficient (Wildman–Crippen LogP) is 11.7. The zero-order chi connectivity index (χ0) is 44.5. The van der Waals surface area contributed by atoms with Gasteiger partial charge in [-0.1, -0.05) is 0 Å². The molecule has 0 heterocycles. The largest absolute Gasteiger partial charge is 0.460 e. The summed E-state index contributed by atoms with van der Waals surface area (Å²) in [5.74, 6) is -146. The summed E-state index contributed by atoms with van der Waals surface area (Å²) in [7, 11) is 0. The minimum absolute atomic E-state index is 3.71. The highest BCUT2D eigenvalue weighted by molar-refractivity contribution is 5.32. The van der Waals surface area contributed by atoms with E-state index in [-0.39, 0.29) is 0 Å². The summed E-state index contributed by atoms with van der Waals surface area (Å²) >= 11 is 0. The second-order valence-electron chi connectivity index (χ2n) is 9.91. The molecule has 1 rings (SSSR count). The molecule has 0 spiro atoms. The van der Waals surface area contributed by atoms with Crippen molar-refractivity contribution >= 4 is 0 Å². The summed E-state index contributed by atoms with van der Waals surface area (Å²) in [6, 6.07) is 0. The molecule has 318 valence electrons. The summed E-state index contributed by atoms with van der Waals surface area (Å²) < 4.78 is 459. The van der Waals surface area contributed by atoms with Crippen molar-refractivity contribution in [3.05, 3.63) is 34.6 Å². The Labute approximate surface area is 268 Å². The number of hydrogen-bond donors (Lipinski definition) is 0. The van der Waals surface area contributed by atoms with Crippen molar-refractivity contribution in [2.75, 3.05) is 0 Å². The van der Waals surface area contributed by atoms with Crippen LogP contribution in [-0.2, 0) is 5.92 Å². The third kappa shape index (κ3) is 5.40. The summed E-state index contributed by atoms with van der Waals surface area (Å²) in [6.07, 6.45) is -8.39. The molecule has 0 unspecified atom stereocenters. The minimum Gasteiger partial charge on any atom is -0.203 e. The first-order valence-corrected chi connectivity index (χ1v) is 11.4. The lowest BCUT2D eigenvalue weighted by atomic mass is 9.83. The smallest absolute Gasteiger partial charge is 0.203 e. The van der Waals surface area contributed by atoms with E-state index >= 15 is 0 Å². The highest BCUT2D eigenvalue weighted by Crippen LogP contribution is 2.69. The Balaban J connectivity index is 4.11. The zero-order valence-corrected chi connectivity index (χ0v) is 22.9. The molecular formula is C20F34. The summed E-state index contributed by atoms with van der Waals surface area (Å²) in [6.45, 7) is 0. The van der Waals surface area contributed by atoms with Crippen LogP contribution in [0.2, 0.25) is 0 Å². The van der Waals surface area contributed by atoms with E-state index in [1.54, 1.807) is 0 Å². The molecule has 1 aromatic rings. The van der Waals surface area contributed by atoms with E-state index in [1.165, 1.54) is 0 Å². The van der Waals surface area contributed by atoms with Gasteiger partial charge in [0.05, 0.1) is 0 Å². The van der Waals surface area contributed by atoms with E-state index in [2.05, 4.69) is 0 Å². The molecule has 0 saturated heterocycles. The van der Waals surface area contributed by atoms with Gasteiger partial charge in [-0.15, -0.1) is 0 Å². The van der Waals surface area contributed by atoms with Crippen LogP contribution in [0, 0.1) is 29.1 Å². The normalized spacial score (nSPS) is 16.3. The Morgan fingerprint density at radius 3 is 0.519 bits per heavy atom. The first-order valence-electron chi connectivity index (χ1n) is 11.4. The predicted molar refractivity (Wildman–Crippen MR) is 95.5 cm³/mol. The van der Waals surface area contributed by atoms with Crippen LogP contribution in [0.25, 0.3) is 0 Å². The van der Waals surface area contributed by atoms with Gasteiger partial charge in [0.15, 0.2) is 23.3 Å². The van der Waals surface area contributed by atoms with Crippen LogP contribution < -0.4 is 0 Å². The van der Waals surface area contributed by atoms with Gasteiger partial charge in [-0.25, -0.2) is 22.0 Å². The summed E-state index contributed by atoms with van der Waals surface area (Å²) in [5, 5.41) is 0. The lowest BCUT2D eigenvalue weighted by Gasteiger charge is -2.46. The average Bonchev–Trinajstić information content (AvgIpc) is 2.97. The Kier molecular flexibility index (Phi) is 11.0. The Morgan fingerprint density at radius 2 is 0.333 bits per heavy atom. The van der Waals surface area contributed by atoms with E-state index in [1.807, 2.05) is 0 Å². The Bertz CT molecular complexity index is 1560. The number of rotatable bonds is 13. The van der Waals surface area contributed by atoms with Crippen molar-refractivity contribution in [3.63, 3.8) is 0 Å². The number of hydrogen-bond acceptors (Lipinski definition) is 0. The fraction of sp³-hybridized carbons (Fsp3) is 0.700. The van der Waals surface area contributed by atoms with E-state index < -0.39 is 118 Å². The van der Waals surface area contributed by atoms with Gasteiger partial charge in [-0.2, -0.15) is 127 Å². The molecule has 0 saturated carbocycles. The highest BCUT2D eigenvalue weighted by Gasteiger charge is 3.01. The lowest BCUT2D eigenvalue weighted by Crippen LogP contribution is -2.79. The molecule has 1 aromatic carbocycles. The molecule has 0 aromatic heterocycles. The van der Waals surface area contributed by atoms with Crippen molar-refractivity contribution in [2.45, 2.75) is 83.2 Å². The fourth-order valence-corrected chi connectivity index (χ4v) is 3.38. The Morgan fingerprint density at radius 1 is 0.185 bits per heavy atom. The van der Waals surface area contributed by atoms with Crippen LogP contribution in [-0.4, -0.2) is 77.2 Å². The van der Waals surface area contributed by atoms with Gasteiger partial charge >= 0.3 is 83.2 Å². The minimum atomic E-state index is -10.2. The first kappa shape index (κ1) is 48.9. The van der Waals surface area contributed by atoms with Crippen molar-refractivity contribution in [3.8, 4) is 0 Å². The molecule has 34 heteroatoms. The van der Waals surface area contributed by atoms with E-state index in [0.29, 0.717) is 0 Å². The van der Waals surface area contributed by atoms with Crippen LogP contribution in [0.4, 0.5) is 149 Å². The molecule has 0 aliphatic heterocycles. The quantitative estimate of drug-likeness (QED) is 0.105. The van der Waals surface area contributed by atoms with Gasteiger partial charge in [0.25, 0.3) is 0 Å².